The van der Waals surface area contributed by atoms with Gasteiger partial charge in [-0.05, 0) is 30.3 Å². The van der Waals surface area contributed by atoms with Crippen LogP contribution in [-0.2, 0) is 0 Å². The zero-order valence-corrected chi connectivity index (χ0v) is 10.8. The van der Waals surface area contributed by atoms with Crippen LogP contribution in [0.25, 0.3) is 0 Å². The highest BCUT2D eigenvalue weighted by Gasteiger charge is 2.01. The van der Waals surface area contributed by atoms with Crippen LogP contribution in [0.2, 0.25) is 5.02 Å². The number of anilines is 1. The molecule has 0 fully saturated rings. The minimum Gasteiger partial charge on any atom is -0.492 e. The molecule has 5 heteroatoms. The lowest BCUT2D eigenvalue weighted by Crippen LogP contribution is -2.11. The molecule has 2 nitrogen and oxygen atoms in total. The van der Waals surface area contributed by atoms with E-state index in [9.17, 15) is 8.78 Å². The second-order valence-corrected chi connectivity index (χ2v) is 4.27. The first-order valence-electron chi connectivity index (χ1n) is 5.72. The summed E-state index contributed by atoms with van der Waals surface area (Å²) >= 11 is 5.63. The third-order valence-electron chi connectivity index (χ3n) is 2.42. The van der Waals surface area contributed by atoms with Crippen LogP contribution in [0.4, 0.5) is 14.5 Å². The molecule has 0 atom stereocenters. The molecule has 2 aromatic rings. The maximum absolute atomic E-state index is 12.9. The first-order valence-corrected chi connectivity index (χ1v) is 6.10. The first-order chi connectivity index (χ1) is 9.15. The lowest BCUT2D eigenvalue weighted by Gasteiger charge is -2.09. The average Bonchev–Trinajstić information content (AvgIpc) is 2.39. The maximum atomic E-state index is 12.9. The van der Waals surface area contributed by atoms with Crippen LogP contribution >= 0.6 is 11.6 Å². The molecule has 0 unspecified atom stereocenters. The summed E-state index contributed by atoms with van der Waals surface area (Å²) < 4.78 is 31.2. The van der Waals surface area contributed by atoms with E-state index >= 15 is 0 Å². The Morgan fingerprint density at radius 3 is 2.68 bits per heavy atom. The van der Waals surface area contributed by atoms with Gasteiger partial charge < -0.3 is 10.1 Å². The van der Waals surface area contributed by atoms with E-state index in [2.05, 4.69) is 5.32 Å². The third-order valence-corrected chi connectivity index (χ3v) is 2.71. The van der Waals surface area contributed by atoms with Crippen molar-refractivity contribution in [3.8, 4) is 5.75 Å². The molecule has 100 valence electrons. The number of ether oxygens (including phenoxy) is 1. The molecule has 0 aliphatic rings. The van der Waals surface area contributed by atoms with Crippen LogP contribution in [0.15, 0.2) is 42.5 Å². The minimum absolute atomic E-state index is 0.0237. The Kier molecular flexibility index (Phi) is 4.58. The Morgan fingerprint density at radius 1 is 1.11 bits per heavy atom. The highest BCUT2D eigenvalue weighted by Crippen LogP contribution is 2.20. The molecule has 0 amide bonds. The molecule has 0 saturated heterocycles. The van der Waals surface area contributed by atoms with E-state index in [0.717, 1.165) is 0 Å². The molecular formula is C14H12ClF2NO. The number of hydrogen-bond acceptors (Lipinski definition) is 2. The fourth-order valence-electron chi connectivity index (χ4n) is 1.53. The van der Waals surface area contributed by atoms with Gasteiger partial charge in [-0.15, -0.1) is 0 Å². The lowest BCUT2D eigenvalue weighted by atomic mass is 10.3. The molecule has 0 saturated carbocycles. The van der Waals surface area contributed by atoms with Crippen molar-refractivity contribution in [2.24, 2.45) is 0 Å². The van der Waals surface area contributed by atoms with Gasteiger partial charge >= 0.3 is 0 Å². The van der Waals surface area contributed by atoms with Gasteiger partial charge in [0.1, 0.15) is 24.0 Å². The summed E-state index contributed by atoms with van der Waals surface area (Å²) in [5.74, 6) is -0.282. The Balaban J connectivity index is 1.79. The van der Waals surface area contributed by atoms with Crippen LogP contribution in [0.3, 0.4) is 0 Å². The Bertz CT molecular complexity index is 563. The summed E-state index contributed by atoms with van der Waals surface area (Å²) in [6.45, 7) is 0.858. The summed E-state index contributed by atoms with van der Waals surface area (Å²) in [6, 6.07) is 10.3. The molecule has 2 rings (SSSR count). The van der Waals surface area contributed by atoms with Crippen molar-refractivity contribution < 1.29 is 13.5 Å². The van der Waals surface area contributed by atoms with E-state index in [-0.39, 0.29) is 10.8 Å². The van der Waals surface area contributed by atoms with Crippen LogP contribution in [0, 0.1) is 11.6 Å². The Morgan fingerprint density at radius 2 is 1.95 bits per heavy atom. The van der Waals surface area contributed by atoms with Crippen molar-refractivity contribution >= 4 is 17.3 Å². The second kappa shape index (κ2) is 6.38. The molecule has 0 aliphatic carbocycles. The topological polar surface area (TPSA) is 21.3 Å². The molecule has 19 heavy (non-hydrogen) atoms. The molecule has 0 bridgehead atoms. The summed E-state index contributed by atoms with van der Waals surface area (Å²) in [4.78, 5) is 0. The predicted octanol–water partition coefficient (Wildman–Crippen LogP) is 4.11. The average molecular weight is 284 g/mol. The molecular weight excluding hydrogens is 272 g/mol. The zero-order valence-electron chi connectivity index (χ0n) is 10.00. The fourth-order valence-corrected chi connectivity index (χ4v) is 1.70. The first kappa shape index (κ1) is 13.6. The van der Waals surface area contributed by atoms with Crippen molar-refractivity contribution in [3.63, 3.8) is 0 Å². The highest BCUT2D eigenvalue weighted by molar-refractivity contribution is 6.30. The van der Waals surface area contributed by atoms with Crippen molar-refractivity contribution in [2.75, 3.05) is 18.5 Å². The van der Waals surface area contributed by atoms with Gasteiger partial charge in [-0.3, -0.25) is 0 Å². The third kappa shape index (κ3) is 4.10. The zero-order chi connectivity index (χ0) is 13.7. The minimum atomic E-state index is -0.480. The standard InChI is InChI=1S/C14H12ClF2NO/c15-13-9-12(4-5-14(13)17)19-7-6-18-11-3-1-2-10(16)8-11/h1-5,8-9,18H,6-7H2. The SMILES string of the molecule is Fc1cccc(NCCOc2ccc(F)c(Cl)c2)c1. The highest BCUT2D eigenvalue weighted by atomic mass is 35.5. The van der Waals surface area contributed by atoms with E-state index in [0.29, 0.717) is 24.6 Å². The summed E-state index contributed by atoms with van der Waals surface area (Å²) in [5.41, 5.74) is 0.681. The van der Waals surface area contributed by atoms with Gasteiger partial charge in [0.25, 0.3) is 0 Å². The van der Waals surface area contributed by atoms with Crippen molar-refractivity contribution in [1.29, 1.82) is 0 Å². The molecule has 0 heterocycles. The van der Waals surface area contributed by atoms with Crippen molar-refractivity contribution in [2.45, 2.75) is 0 Å². The van der Waals surface area contributed by atoms with Gasteiger partial charge in [-0.2, -0.15) is 0 Å². The van der Waals surface area contributed by atoms with Gasteiger partial charge in [-0.25, -0.2) is 8.78 Å². The van der Waals surface area contributed by atoms with Crippen LogP contribution < -0.4 is 10.1 Å². The normalized spacial score (nSPS) is 10.3. The number of hydrogen-bond donors (Lipinski definition) is 1. The van der Waals surface area contributed by atoms with E-state index < -0.39 is 5.82 Å². The van der Waals surface area contributed by atoms with Gasteiger partial charge in [0, 0.05) is 18.3 Å². The van der Waals surface area contributed by atoms with Crippen molar-refractivity contribution in [1.82, 2.24) is 0 Å². The molecule has 0 radical (unpaired) electrons. The Hall–Kier alpha value is -1.81. The summed E-state index contributed by atoms with van der Waals surface area (Å²) in [6.07, 6.45) is 0. The maximum Gasteiger partial charge on any atom is 0.142 e. The van der Waals surface area contributed by atoms with Gasteiger partial charge in [0.2, 0.25) is 0 Å². The quantitative estimate of drug-likeness (QED) is 0.834. The Labute approximate surface area is 115 Å². The van der Waals surface area contributed by atoms with Crippen LogP contribution in [0.1, 0.15) is 0 Å². The molecule has 1 N–H and O–H groups in total. The van der Waals surface area contributed by atoms with Gasteiger partial charge in [-0.1, -0.05) is 17.7 Å². The molecule has 0 aliphatic heterocycles. The fraction of sp³-hybridized carbons (Fsp3) is 0.143. The summed E-state index contributed by atoms with van der Waals surface area (Å²) in [5, 5.41) is 3.03. The van der Waals surface area contributed by atoms with Crippen molar-refractivity contribution in [3.05, 3.63) is 59.1 Å². The lowest BCUT2D eigenvalue weighted by molar-refractivity contribution is 0.332. The van der Waals surface area contributed by atoms with Gasteiger partial charge in [0.05, 0.1) is 5.02 Å². The second-order valence-electron chi connectivity index (χ2n) is 3.86. The van der Waals surface area contributed by atoms with E-state index in [1.54, 1.807) is 12.1 Å². The van der Waals surface area contributed by atoms with Gasteiger partial charge in [0.15, 0.2) is 0 Å². The number of benzene rings is 2. The van der Waals surface area contributed by atoms with E-state index in [1.807, 2.05) is 0 Å². The van der Waals surface area contributed by atoms with E-state index in [1.165, 1.54) is 30.3 Å². The monoisotopic (exact) mass is 283 g/mol. The number of nitrogens with one attached hydrogen (secondary N) is 1. The largest absolute Gasteiger partial charge is 0.492 e. The predicted molar refractivity (Wildman–Crippen MR) is 71.8 cm³/mol. The van der Waals surface area contributed by atoms with E-state index in [4.69, 9.17) is 16.3 Å². The molecule has 2 aromatic carbocycles. The molecule has 0 spiro atoms. The van der Waals surface area contributed by atoms with Crippen LogP contribution in [-0.4, -0.2) is 13.2 Å². The summed E-state index contributed by atoms with van der Waals surface area (Å²) in [7, 11) is 0. The smallest absolute Gasteiger partial charge is 0.142 e. The number of rotatable bonds is 5. The van der Waals surface area contributed by atoms with Crippen LogP contribution in [0.5, 0.6) is 5.75 Å². The molecule has 0 aromatic heterocycles. The number of halogens is 3.